The Morgan fingerprint density at radius 3 is 2.45 bits per heavy atom. The van der Waals surface area contributed by atoms with E-state index in [1.54, 1.807) is 43.5 Å². The van der Waals surface area contributed by atoms with Crippen molar-refractivity contribution in [1.82, 2.24) is 15.2 Å². The average Bonchev–Trinajstić information content (AvgIpc) is 2.80. The quantitative estimate of drug-likeness (QED) is 0.455. The fourth-order valence-corrected chi connectivity index (χ4v) is 3.25. The molecular formula is C24H26ClN5O3. The molecule has 3 N–H and O–H groups in total. The molecule has 0 radical (unpaired) electrons. The van der Waals surface area contributed by atoms with Gasteiger partial charge in [-0.1, -0.05) is 29.8 Å². The lowest BCUT2D eigenvalue weighted by Crippen LogP contribution is -2.37. The molecular weight excluding hydrogens is 442 g/mol. The highest BCUT2D eigenvalue weighted by Gasteiger charge is 2.16. The molecule has 3 aromatic rings. The first kappa shape index (κ1) is 24.0. The van der Waals surface area contributed by atoms with Crippen LogP contribution in [-0.2, 0) is 0 Å². The summed E-state index contributed by atoms with van der Waals surface area (Å²) >= 11 is 5.82. The number of pyridine rings is 1. The topological polar surface area (TPSA) is 95.6 Å². The second-order valence-corrected chi connectivity index (χ2v) is 8.02. The zero-order valence-corrected chi connectivity index (χ0v) is 19.4. The number of hydrogen-bond acceptors (Lipinski definition) is 5. The lowest BCUT2D eigenvalue weighted by atomic mass is 10.1. The van der Waals surface area contributed by atoms with Gasteiger partial charge in [-0.15, -0.1) is 0 Å². The predicted molar refractivity (Wildman–Crippen MR) is 130 cm³/mol. The standard InChI is InChI=1S/C24H26ClN5O3/c1-30(2)15-21(16-7-10-20(33-3)11-8-16)28-24(32)27-19-6-4-5-17(13-19)23(31)29-22-12-9-18(25)14-26-22/h4-14,21H,15H2,1-3H3,(H,26,29,31)(H2,27,28,32). The summed E-state index contributed by atoms with van der Waals surface area (Å²) in [5.41, 5.74) is 1.82. The molecule has 3 amide bonds. The molecule has 0 aliphatic rings. The molecule has 0 fully saturated rings. The summed E-state index contributed by atoms with van der Waals surface area (Å²) in [6.45, 7) is 0.607. The van der Waals surface area contributed by atoms with E-state index >= 15 is 0 Å². The van der Waals surface area contributed by atoms with Crippen LogP contribution in [0.4, 0.5) is 16.3 Å². The molecule has 8 nitrogen and oxygen atoms in total. The molecule has 0 spiro atoms. The minimum atomic E-state index is -0.380. The zero-order valence-electron chi connectivity index (χ0n) is 18.6. The van der Waals surface area contributed by atoms with E-state index in [-0.39, 0.29) is 18.0 Å². The molecule has 172 valence electrons. The number of nitrogens with zero attached hydrogens (tertiary/aromatic N) is 2. The molecule has 0 saturated heterocycles. The Balaban J connectivity index is 1.66. The van der Waals surface area contributed by atoms with Crippen LogP contribution >= 0.6 is 11.6 Å². The smallest absolute Gasteiger partial charge is 0.319 e. The van der Waals surface area contributed by atoms with Gasteiger partial charge in [-0.2, -0.15) is 0 Å². The van der Waals surface area contributed by atoms with Gasteiger partial charge in [-0.25, -0.2) is 9.78 Å². The molecule has 0 saturated carbocycles. The van der Waals surface area contributed by atoms with E-state index in [1.165, 1.54) is 6.20 Å². The first-order valence-electron chi connectivity index (χ1n) is 10.2. The average molecular weight is 468 g/mol. The van der Waals surface area contributed by atoms with Crippen LogP contribution < -0.4 is 20.7 Å². The Hall–Kier alpha value is -3.62. The Bertz CT molecular complexity index is 1090. The second-order valence-electron chi connectivity index (χ2n) is 7.58. The minimum Gasteiger partial charge on any atom is -0.497 e. The highest BCUT2D eigenvalue weighted by molar-refractivity contribution is 6.30. The number of ether oxygens (including phenoxy) is 1. The van der Waals surface area contributed by atoms with Crippen molar-refractivity contribution >= 4 is 35.0 Å². The van der Waals surface area contributed by atoms with Crippen molar-refractivity contribution in [3.05, 3.63) is 83.0 Å². The largest absolute Gasteiger partial charge is 0.497 e. The number of carbonyl (C=O) groups excluding carboxylic acids is 2. The summed E-state index contributed by atoms with van der Waals surface area (Å²) in [4.78, 5) is 31.3. The van der Waals surface area contributed by atoms with Crippen molar-refractivity contribution in [2.24, 2.45) is 0 Å². The summed E-state index contributed by atoms with van der Waals surface area (Å²) in [7, 11) is 5.49. The molecule has 0 aliphatic carbocycles. The van der Waals surface area contributed by atoms with Crippen molar-refractivity contribution in [3.8, 4) is 5.75 Å². The van der Waals surface area contributed by atoms with Gasteiger partial charge in [0.2, 0.25) is 0 Å². The van der Waals surface area contributed by atoms with E-state index in [4.69, 9.17) is 16.3 Å². The molecule has 1 unspecified atom stereocenters. The highest BCUT2D eigenvalue weighted by atomic mass is 35.5. The number of amides is 3. The number of likely N-dealkylation sites (N-methyl/N-ethyl adjacent to an activating group) is 1. The number of carbonyl (C=O) groups is 2. The molecule has 3 rings (SSSR count). The number of rotatable bonds is 8. The summed E-state index contributed by atoms with van der Waals surface area (Å²) in [5.74, 6) is 0.778. The van der Waals surface area contributed by atoms with Gasteiger partial charge in [-0.05, 0) is 62.1 Å². The number of hydrogen-bond donors (Lipinski definition) is 3. The fraction of sp³-hybridized carbons (Fsp3) is 0.208. The number of halogens is 1. The van der Waals surface area contributed by atoms with Crippen LogP contribution in [0.5, 0.6) is 5.75 Å². The third kappa shape index (κ3) is 7.20. The summed E-state index contributed by atoms with van der Waals surface area (Å²) in [6.07, 6.45) is 1.45. The maximum Gasteiger partial charge on any atom is 0.319 e. The van der Waals surface area contributed by atoms with Gasteiger partial charge in [0, 0.05) is 24.0 Å². The van der Waals surface area contributed by atoms with Crippen LogP contribution in [0, 0.1) is 0 Å². The number of nitrogens with one attached hydrogen (secondary N) is 3. The van der Waals surface area contributed by atoms with Gasteiger partial charge < -0.3 is 25.6 Å². The zero-order chi connectivity index (χ0) is 23.8. The molecule has 0 bridgehead atoms. The summed E-state index contributed by atoms with van der Waals surface area (Å²) in [6, 6.07) is 16.8. The molecule has 9 heteroatoms. The Morgan fingerprint density at radius 2 is 1.82 bits per heavy atom. The lowest BCUT2D eigenvalue weighted by molar-refractivity contribution is 0.102. The number of benzene rings is 2. The highest BCUT2D eigenvalue weighted by Crippen LogP contribution is 2.19. The third-order valence-corrected chi connectivity index (χ3v) is 4.95. The Morgan fingerprint density at radius 1 is 1.06 bits per heavy atom. The Labute approximate surface area is 197 Å². The van der Waals surface area contributed by atoms with Crippen LogP contribution in [0.2, 0.25) is 5.02 Å². The minimum absolute atomic E-state index is 0.242. The Kier molecular flexibility index (Phi) is 8.23. The van der Waals surface area contributed by atoms with Crippen molar-refractivity contribution in [1.29, 1.82) is 0 Å². The molecule has 0 aliphatic heterocycles. The third-order valence-electron chi connectivity index (χ3n) is 4.72. The van der Waals surface area contributed by atoms with E-state index in [2.05, 4.69) is 20.9 Å². The van der Waals surface area contributed by atoms with Crippen LogP contribution in [0.15, 0.2) is 66.9 Å². The monoisotopic (exact) mass is 467 g/mol. The molecule has 1 heterocycles. The number of urea groups is 1. The molecule has 2 aromatic carbocycles. The fourth-order valence-electron chi connectivity index (χ4n) is 3.14. The van der Waals surface area contributed by atoms with Crippen LogP contribution in [-0.4, -0.2) is 49.6 Å². The lowest BCUT2D eigenvalue weighted by Gasteiger charge is -2.23. The van der Waals surface area contributed by atoms with Crippen molar-refractivity contribution in [3.63, 3.8) is 0 Å². The van der Waals surface area contributed by atoms with E-state index < -0.39 is 0 Å². The van der Waals surface area contributed by atoms with Gasteiger partial charge in [0.05, 0.1) is 18.2 Å². The summed E-state index contributed by atoms with van der Waals surface area (Å²) < 4.78 is 5.21. The van der Waals surface area contributed by atoms with E-state index in [9.17, 15) is 9.59 Å². The molecule has 1 atom stereocenters. The van der Waals surface area contributed by atoms with E-state index in [0.29, 0.717) is 28.6 Å². The molecule has 33 heavy (non-hydrogen) atoms. The maximum atomic E-state index is 12.7. The van der Waals surface area contributed by atoms with Crippen molar-refractivity contribution in [2.45, 2.75) is 6.04 Å². The van der Waals surface area contributed by atoms with E-state index in [1.807, 2.05) is 43.3 Å². The SMILES string of the molecule is COc1ccc(C(CN(C)C)NC(=O)Nc2cccc(C(=O)Nc3ccc(Cl)cn3)c2)cc1. The predicted octanol–water partition coefficient (Wildman–Crippen LogP) is 4.42. The van der Waals surface area contributed by atoms with Gasteiger partial charge in [0.25, 0.3) is 5.91 Å². The van der Waals surface area contributed by atoms with Gasteiger partial charge in [-0.3, -0.25) is 4.79 Å². The second kappa shape index (κ2) is 11.3. The summed E-state index contributed by atoms with van der Waals surface area (Å²) in [5, 5.41) is 8.96. The number of aromatic nitrogens is 1. The van der Waals surface area contributed by atoms with Crippen LogP contribution in [0.1, 0.15) is 22.0 Å². The molecule has 1 aromatic heterocycles. The number of methoxy groups -OCH3 is 1. The van der Waals surface area contributed by atoms with Crippen LogP contribution in [0.25, 0.3) is 0 Å². The van der Waals surface area contributed by atoms with Crippen molar-refractivity contribution in [2.75, 3.05) is 38.4 Å². The van der Waals surface area contributed by atoms with Gasteiger partial charge >= 0.3 is 6.03 Å². The normalized spacial score (nSPS) is 11.5. The van der Waals surface area contributed by atoms with Crippen LogP contribution in [0.3, 0.4) is 0 Å². The van der Waals surface area contributed by atoms with E-state index in [0.717, 1.165) is 11.3 Å². The first-order chi connectivity index (χ1) is 15.8. The maximum absolute atomic E-state index is 12.7. The first-order valence-corrected chi connectivity index (χ1v) is 10.6. The van der Waals surface area contributed by atoms with Crippen molar-refractivity contribution < 1.29 is 14.3 Å². The van der Waals surface area contributed by atoms with Gasteiger partial charge in [0.15, 0.2) is 0 Å². The van der Waals surface area contributed by atoms with Gasteiger partial charge in [0.1, 0.15) is 11.6 Å². The number of anilines is 2.